The van der Waals surface area contributed by atoms with E-state index in [0.717, 1.165) is 0 Å². The lowest BCUT2D eigenvalue weighted by Crippen LogP contribution is -1.95. The lowest BCUT2D eigenvalue weighted by molar-refractivity contribution is 0.854. The van der Waals surface area contributed by atoms with E-state index in [1.807, 2.05) is 12.1 Å². The van der Waals surface area contributed by atoms with Gasteiger partial charge in [0.1, 0.15) is 0 Å². The third-order valence-corrected chi connectivity index (χ3v) is 2.78. The predicted octanol–water partition coefficient (Wildman–Crippen LogP) is 3.91. The summed E-state index contributed by atoms with van der Waals surface area (Å²) in [4.78, 5) is 0. The summed E-state index contributed by atoms with van der Waals surface area (Å²) in [6.45, 7) is 6.65. The molecule has 2 aromatic rings. The van der Waals surface area contributed by atoms with Gasteiger partial charge in [-0.25, -0.2) is 0 Å². The van der Waals surface area contributed by atoms with Crippen molar-refractivity contribution < 1.29 is 0 Å². The van der Waals surface area contributed by atoms with Gasteiger partial charge in [-0.2, -0.15) is 0 Å². The van der Waals surface area contributed by atoms with Crippen LogP contribution in [0.1, 0.15) is 30.9 Å². The maximum Gasteiger partial charge on any atom is 0.0452 e. The van der Waals surface area contributed by atoms with Crippen LogP contribution in [0.25, 0.3) is 5.69 Å². The Morgan fingerprint density at radius 2 is 1.73 bits per heavy atom. The molecule has 2 rings (SSSR count). The van der Waals surface area contributed by atoms with Gasteiger partial charge in [0, 0.05) is 18.1 Å². The zero-order valence-electron chi connectivity index (χ0n) is 9.57. The molecule has 78 valence electrons. The molecular formula is C14H17N. The number of hydrogen-bond acceptors (Lipinski definition) is 0. The quantitative estimate of drug-likeness (QED) is 0.691. The Balaban J connectivity index is 2.42. The molecule has 0 spiro atoms. The van der Waals surface area contributed by atoms with Gasteiger partial charge in [-0.3, -0.25) is 0 Å². The summed E-state index contributed by atoms with van der Waals surface area (Å²) < 4.78 is 2.14. The van der Waals surface area contributed by atoms with Gasteiger partial charge in [0.25, 0.3) is 0 Å². The predicted molar refractivity (Wildman–Crippen MR) is 64.6 cm³/mol. The molecule has 0 atom stereocenters. The molecule has 1 heteroatoms. The van der Waals surface area contributed by atoms with Crippen molar-refractivity contribution in [2.24, 2.45) is 0 Å². The molecule has 0 N–H and O–H groups in total. The van der Waals surface area contributed by atoms with E-state index >= 15 is 0 Å². The number of benzene rings is 1. The third-order valence-electron chi connectivity index (χ3n) is 2.78. The van der Waals surface area contributed by atoms with Gasteiger partial charge in [-0.15, -0.1) is 0 Å². The summed E-state index contributed by atoms with van der Waals surface area (Å²) in [6.07, 6.45) is 4.15. The van der Waals surface area contributed by atoms with Gasteiger partial charge in [-0.1, -0.05) is 19.9 Å². The lowest BCUT2D eigenvalue weighted by atomic mass is 9.98. The van der Waals surface area contributed by atoms with Crippen LogP contribution in [0.4, 0.5) is 0 Å². The Morgan fingerprint density at radius 1 is 1.07 bits per heavy atom. The molecule has 0 amide bonds. The van der Waals surface area contributed by atoms with Crippen LogP contribution in [0.2, 0.25) is 0 Å². The van der Waals surface area contributed by atoms with E-state index in [0.29, 0.717) is 5.92 Å². The second-order valence-corrected chi connectivity index (χ2v) is 4.29. The normalized spacial score (nSPS) is 10.9. The van der Waals surface area contributed by atoms with Gasteiger partial charge in [0.05, 0.1) is 0 Å². The molecule has 0 bridgehead atoms. The standard InChI is InChI=1S/C14H17N/c1-11(2)14-7-6-13(10-12(14)3)15-8-4-5-9-15/h4-11H,1-3H3. The minimum absolute atomic E-state index is 0.601. The van der Waals surface area contributed by atoms with Crippen molar-refractivity contribution in [3.63, 3.8) is 0 Å². The Labute approximate surface area is 91.4 Å². The highest BCUT2D eigenvalue weighted by molar-refractivity contribution is 5.41. The first kappa shape index (κ1) is 10.0. The highest BCUT2D eigenvalue weighted by atomic mass is 14.9. The smallest absolute Gasteiger partial charge is 0.0452 e. The van der Waals surface area contributed by atoms with Crippen molar-refractivity contribution in [2.75, 3.05) is 0 Å². The first-order valence-corrected chi connectivity index (χ1v) is 5.42. The van der Waals surface area contributed by atoms with Crippen LogP contribution in [0.3, 0.4) is 0 Å². The average molecular weight is 199 g/mol. The lowest BCUT2D eigenvalue weighted by Gasteiger charge is -2.12. The summed E-state index contributed by atoms with van der Waals surface area (Å²) in [5, 5.41) is 0. The molecule has 1 nitrogen and oxygen atoms in total. The molecule has 1 heterocycles. The van der Waals surface area contributed by atoms with Crippen molar-refractivity contribution >= 4 is 0 Å². The molecule has 0 saturated carbocycles. The average Bonchev–Trinajstić information content (AvgIpc) is 2.69. The Kier molecular flexibility index (Phi) is 2.63. The molecule has 1 aromatic heterocycles. The zero-order valence-corrected chi connectivity index (χ0v) is 9.57. The Bertz CT molecular complexity index is 438. The van der Waals surface area contributed by atoms with Gasteiger partial charge in [-0.05, 0) is 48.2 Å². The zero-order chi connectivity index (χ0) is 10.8. The van der Waals surface area contributed by atoms with Crippen LogP contribution in [-0.4, -0.2) is 4.57 Å². The maximum atomic E-state index is 2.25. The minimum Gasteiger partial charge on any atom is -0.324 e. The monoisotopic (exact) mass is 199 g/mol. The molecule has 15 heavy (non-hydrogen) atoms. The van der Waals surface area contributed by atoms with Crippen LogP contribution >= 0.6 is 0 Å². The van der Waals surface area contributed by atoms with Gasteiger partial charge < -0.3 is 4.57 Å². The van der Waals surface area contributed by atoms with E-state index in [1.165, 1.54) is 16.8 Å². The van der Waals surface area contributed by atoms with Crippen molar-refractivity contribution in [1.29, 1.82) is 0 Å². The van der Waals surface area contributed by atoms with Crippen LogP contribution < -0.4 is 0 Å². The molecule has 0 radical (unpaired) electrons. The summed E-state index contributed by atoms with van der Waals surface area (Å²) in [6, 6.07) is 10.8. The number of aromatic nitrogens is 1. The maximum absolute atomic E-state index is 2.25. The molecule has 0 fully saturated rings. The van der Waals surface area contributed by atoms with E-state index in [9.17, 15) is 0 Å². The van der Waals surface area contributed by atoms with E-state index in [4.69, 9.17) is 0 Å². The number of nitrogens with zero attached hydrogens (tertiary/aromatic N) is 1. The fourth-order valence-corrected chi connectivity index (χ4v) is 1.97. The first-order valence-electron chi connectivity index (χ1n) is 5.42. The van der Waals surface area contributed by atoms with Crippen molar-refractivity contribution in [1.82, 2.24) is 4.57 Å². The summed E-state index contributed by atoms with van der Waals surface area (Å²) in [7, 11) is 0. The molecular weight excluding hydrogens is 182 g/mol. The van der Waals surface area contributed by atoms with E-state index < -0.39 is 0 Å². The molecule has 1 aromatic carbocycles. The fourth-order valence-electron chi connectivity index (χ4n) is 1.97. The van der Waals surface area contributed by atoms with Crippen LogP contribution in [-0.2, 0) is 0 Å². The number of aryl methyl sites for hydroxylation is 1. The van der Waals surface area contributed by atoms with E-state index in [-0.39, 0.29) is 0 Å². The number of hydrogen-bond donors (Lipinski definition) is 0. The highest BCUT2D eigenvalue weighted by Crippen LogP contribution is 2.21. The third kappa shape index (κ3) is 1.96. The fraction of sp³-hybridized carbons (Fsp3) is 0.286. The topological polar surface area (TPSA) is 4.93 Å². The first-order chi connectivity index (χ1) is 7.18. The summed E-state index contributed by atoms with van der Waals surface area (Å²) in [5.41, 5.74) is 4.05. The minimum atomic E-state index is 0.601. The molecule has 0 aliphatic rings. The largest absolute Gasteiger partial charge is 0.324 e. The number of rotatable bonds is 2. The van der Waals surface area contributed by atoms with Crippen molar-refractivity contribution in [3.8, 4) is 5.69 Å². The van der Waals surface area contributed by atoms with Gasteiger partial charge in [0.2, 0.25) is 0 Å². The summed E-state index contributed by atoms with van der Waals surface area (Å²) in [5.74, 6) is 0.601. The van der Waals surface area contributed by atoms with Crippen LogP contribution in [0, 0.1) is 6.92 Å². The molecule has 0 unspecified atom stereocenters. The van der Waals surface area contributed by atoms with Crippen molar-refractivity contribution in [3.05, 3.63) is 53.9 Å². The molecule has 0 aliphatic carbocycles. The van der Waals surface area contributed by atoms with E-state index in [2.05, 4.69) is 55.9 Å². The van der Waals surface area contributed by atoms with Gasteiger partial charge >= 0.3 is 0 Å². The molecule has 0 saturated heterocycles. The van der Waals surface area contributed by atoms with Crippen LogP contribution in [0.5, 0.6) is 0 Å². The highest BCUT2D eigenvalue weighted by Gasteiger charge is 2.04. The molecule has 0 aliphatic heterocycles. The second kappa shape index (κ2) is 3.93. The SMILES string of the molecule is Cc1cc(-n2cccc2)ccc1C(C)C. The van der Waals surface area contributed by atoms with E-state index in [1.54, 1.807) is 0 Å². The Morgan fingerprint density at radius 3 is 2.27 bits per heavy atom. The van der Waals surface area contributed by atoms with Crippen molar-refractivity contribution in [2.45, 2.75) is 26.7 Å². The Hall–Kier alpha value is -1.50. The van der Waals surface area contributed by atoms with Gasteiger partial charge in [0.15, 0.2) is 0 Å². The summed E-state index contributed by atoms with van der Waals surface area (Å²) >= 11 is 0. The second-order valence-electron chi connectivity index (χ2n) is 4.29. The van der Waals surface area contributed by atoms with Crippen LogP contribution in [0.15, 0.2) is 42.7 Å².